The van der Waals surface area contributed by atoms with E-state index < -0.39 is 11.6 Å². The van der Waals surface area contributed by atoms with Crippen molar-refractivity contribution in [2.24, 2.45) is 0 Å². The Hall–Kier alpha value is -2.57. The van der Waals surface area contributed by atoms with E-state index in [4.69, 9.17) is 9.47 Å². The zero-order valence-corrected chi connectivity index (χ0v) is 15.8. The number of esters is 1. The molecule has 7 nitrogen and oxygen atoms in total. The molecule has 0 unspecified atom stereocenters. The number of nitrogens with zero attached hydrogens (tertiary/aromatic N) is 2. The fourth-order valence-corrected chi connectivity index (χ4v) is 2.82. The topological polar surface area (TPSA) is 76.2 Å². The minimum absolute atomic E-state index is 0.149. The van der Waals surface area contributed by atoms with E-state index in [9.17, 15) is 14.4 Å². The highest BCUT2D eigenvalue weighted by molar-refractivity contribution is 5.92. The Bertz CT molecular complexity index is 673. The van der Waals surface area contributed by atoms with Crippen molar-refractivity contribution in [1.82, 2.24) is 4.90 Å². The van der Waals surface area contributed by atoms with Crippen LogP contribution in [0.4, 0.5) is 10.5 Å². The van der Waals surface area contributed by atoms with Crippen LogP contribution in [-0.2, 0) is 20.7 Å². The van der Waals surface area contributed by atoms with Crippen LogP contribution in [-0.4, -0.2) is 62.1 Å². The number of piperazine rings is 1. The standard InChI is InChI=1S/C19H26N2O5/c1-19(2,3)26-18(24)21-10-8-20(9-11-21)15-5-6-16(17(23)25-4)14(13-15)7-12-22/h5-6,12-13H,7-11H2,1-4H3. The molecule has 1 heterocycles. The minimum Gasteiger partial charge on any atom is -0.465 e. The van der Waals surface area contributed by atoms with Crippen LogP contribution < -0.4 is 4.90 Å². The summed E-state index contributed by atoms with van der Waals surface area (Å²) in [5.41, 5.74) is 1.44. The summed E-state index contributed by atoms with van der Waals surface area (Å²) < 4.78 is 10.2. The van der Waals surface area contributed by atoms with Crippen LogP contribution in [0.1, 0.15) is 36.7 Å². The van der Waals surface area contributed by atoms with Gasteiger partial charge in [0.1, 0.15) is 11.9 Å². The first-order chi connectivity index (χ1) is 12.2. The molecule has 1 aliphatic rings. The van der Waals surface area contributed by atoms with Crippen molar-refractivity contribution in [3.8, 4) is 0 Å². The lowest BCUT2D eigenvalue weighted by atomic mass is 10.0. The van der Waals surface area contributed by atoms with Gasteiger partial charge in [0.25, 0.3) is 0 Å². The maximum Gasteiger partial charge on any atom is 0.410 e. The summed E-state index contributed by atoms with van der Waals surface area (Å²) in [5, 5.41) is 0. The van der Waals surface area contributed by atoms with Crippen LogP contribution in [0.25, 0.3) is 0 Å². The van der Waals surface area contributed by atoms with Gasteiger partial charge in [0.15, 0.2) is 0 Å². The Labute approximate surface area is 153 Å². The smallest absolute Gasteiger partial charge is 0.410 e. The van der Waals surface area contributed by atoms with E-state index in [1.165, 1.54) is 7.11 Å². The summed E-state index contributed by atoms with van der Waals surface area (Å²) in [6.07, 6.45) is 0.613. The van der Waals surface area contributed by atoms with Crippen molar-refractivity contribution in [3.05, 3.63) is 29.3 Å². The van der Waals surface area contributed by atoms with Crippen LogP contribution in [0, 0.1) is 0 Å². The molecule has 0 radical (unpaired) electrons. The summed E-state index contributed by atoms with van der Waals surface area (Å²) in [6.45, 7) is 7.94. The summed E-state index contributed by atoms with van der Waals surface area (Å²) >= 11 is 0. The van der Waals surface area contributed by atoms with E-state index in [1.807, 2.05) is 32.9 Å². The largest absolute Gasteiger partial charge is 0.465 e. The van der Waals surface area contributed by atoms with Gasteiger partial charge in [-0.25, -0.2) is 9.59 Å². The summed E-state index contributed by atoms with van der Waals surface area (Å²) in [7, 11) is 1.32. The lowest BCUT2D eigenvalue weighted by molar-refractivity contribution is -0.107. The summed E-state index contributed by atoms with van der Waals surface area (Å²) in [4.78, 5) is 38.7. The van der Waals surface area contributed by atoms with Gasteiger partial charge >= 0.3 is 12.1 Å². The van der Waals surface area contributed by atoms with Crippen molar-refractivity contribution in [3.63, 3.8) is 0 Å². The average molecular weight is 362 g/mol. The van der Waals surface area contributed by atoms with Gasteiger partial charge in [0.05, 0.1) is 12.7 Å². The van der Waals surface area contributed by atoms with E-state index in [0.717, 1.165) is 12.0 Å². The van der Waals surface area contributed by atoms with Gasteiger partial charge in [0, 0.05) is 38.3 Å². The molecule has 1 aliphatic heterocycles. The quantitative estimate of drug-likeness (QED) is 0.604. The number of anilines is 1. The molecule has 0 bridgehead atoms. The van der Waals surface area contributed by atoms with Crippen molar-refractivity contribution in [1.29, 1.82) is 0 Å². The average Bonchev–Trinajstić information content (AvgIpc) is 2.60. The van der Waals surface area contributed by atoms with Gasteiger partial charge in [-0.05, 0) is 44.5 Å². The lowest BCUT2D eigenvalue weighted by Crippen LogP contribution is -2.50. The van der Waals surface area contributed by atoms with Gasteiger partial charge in [0.2, 0.25) is 0 Å². The molecule has 1 aromatic carbocycles. The molecule has 1 aromatic rings. The molecule has 2 rings (SSSR count). The zero-order valence-electron chi connectivity index (χ0n) is 15.8. The third-order valence-electron chi connectivity index (χ3n) is 4.09. The SMILES string of the molecule is COC(=O)c1ccc(N2CCN(C(=O)OC(C)(C)C)CC2)cc1CC=O. The third-order valence-corrected chi connectivity index (χ3v) is 4.09. The molecule has 1 saturated heterocycles. The molecular weight excluding hydrogens is 336 g/mol. The normalized spacial score (nSPS) is 14.8. The van der Waals surface area contributed by atoms with Crippen molar-refractivity contribution < 1.29 is 23.9 Å². The predicted molar refractivity (Wildman–Crippen MR) is 97.6 cm³/mol. The van der Waals surface area contributed by atoms with Crippen LogP contribution in [0.2, 0.25) is 0 Å². The number of methoxy groups -OCH3 is 1. The number of ether oxygens (including phenoxy) is 2. The van der Waals surface area contributed by atoms with E-state index in [-0.39, 0.29) is 12.5 Å². The number of benzene rings is 1. The van der Waals surface area contributed by atoms with E-state index in [2.05, 4.69) is 4.90 Å². The third kappa shape index (κ3) is 4.97. The fraction of sp³-hybridized carbons (Fsp3) is 0.526. The highest BCUT2D eigenvalue weighted by Gasteiger charge is 2.26. The molecule has 0 spiro atoms. The summed E-state index contributed by atoms with van der Waals surface area (Å²) in [5.74, 6) is -0.455. The first-order valence-electron chi connectivity index (χ1n) is 8.63. The molecule has 1 fully saturated rings. The molecule has 0 N–H and O–H groups in total. The van der Waals surface area contributed by atoms with E-state index in [1.54, 1.807) is 11.0 Å². The molecule has 7 heteroatoms. The second-order valence-corrected chi connectivity index (χ2v) is 7.16. The zero-order chi connectivity index (χ0) is 19.3. The van der Waals surface area contributed by atoms with Crippen LogP contribution in [0.3, 0.4) is 0 Å². The van der Waals surface area contributed by atoms with Crippen molar-refractivity contribution in [2.75, 3.05) is 38.2 Å². The van der Waals surface area contributed by atoms with Crippen LogP contribution in [0.5, 0.6) is 0 Å². The van der Waals surface area contributed by atoms with Gasteiger partial charge in [-0.1, -0.05) is 0 Å². The monoisotopic (exact) mass is 362 g/mol. The molecule has 26 heavy (non-hydrogen) atoms. The Morgan fingerprint density at radius 1 is 1.15 bits per heavy atom. The number of hydrogen-bond acceptors (Lipinski definition) is 6. The van der Waals surface area contributed by atoms with E-state index in [0.29, 0.717) is 37.3 Å². The number of rotatable bonds is 4. The van der Waals surface area contributed by atoms with E-state index >= 15 is 0 Å². The first-order valence-corrected chi connectivity index (χ1v) is 8.63. The highest BCUT2D eigenvalue weighted by atomic mass is 16.6. The molecule has 0 aliphatic carbocycles. The number of carbonyl (C=O) groups excluding carboxylic acids is 3. The second-order valence-electron chi connectivity index (χ2n) is 7.16. The Balaban J connectivity index is 2.07. The first kappa shape index (κ1) is 19.8. The Morgan fingerprint density at radius 2 is 1.81 bits per heavy atom. The molecule has 142 valence electrons. The number of amides is 1. The molecule has 1 amide bonds. The van der Waals surface area contributed by atoms with Crippen molar-refractivity contribution >= 4 is 24.0 Å². The fourth-order valence-electron chi connectivity index (χ4n) is 2.82. The highest BCUT2D eigenvalue weighted by Crippen LogP contribution is 2.22. The van der Waals surface area contributed by atoms with Gasteiger partial charge < -0.3 is 24.1 Å². The second kappa shape index (κ2) is 8.21. The molecule has 0 aromatic heterocycles. The van der Waals surface area contributed by atoms with Crippen LogP contribution in [0.15, 0.2) is 18.2 Å². The Kier molecular flexibility index (Phi) is 6.23. The molecular formula is C19H26N2O5. The maximum absolute atomic E-state index is 12.1. The summed E-state index contributed by atoms with van der Waals surface area (Å²) in [6, 6.07) is 5.35. The lowest BCUT2D eigenvalue weighted by Gasteiger charge is -2.37. The van der Waals surface area contributed by atoms with Gasteiger partial charge in [-0.2, -0.15) is 0 Å². The predicted octanol–water partition coefficient (Wildman–Crippen LogP) is 2.27. The van der Waals surface area contributed by atoms with Crippen LogP contribution >= 0.6 is 0 Å². The maximum atomic E-state index is 12.1. The number of hydrogen-bond donors (Lipinski definition) is 0. The Morgan fingerprint density at radius 3 is 2.35 bits per heavy atom. The van der Waals surface area contributed by atoms with Crippen molar-refractivity contribution in [2.45, 2.75) is 32.8 Å². The van der Waals surface area contributed by atoms with Gasteiger partial charge in [-0.15, -0.1) is 0 Å². The van der Waals surface area contributed by atoms with Gasteiger partial charge in [-0.3, -0.25) is 0 Å². The molecule has 0 atom stereocenters. The molecule has 0 saturated carbocycles. The number of carbonyl (C=O) groups is 3. The minimum atomic E-state index is -0.512. The number of aldehydes is 1.